The summed E-state index contributed by atoms with van der Waals surface area (Å²) in [6.07, 6.45) is -4.42. The first-order valence-corrected chi connectivity index (χ1v) is 3.77. The Morgan fingerprint density at radius 3 is 1.92 bits per heavy atom. The van der Waals surface area contributed by atoms with Gasteiger partial charge < -0.3 is 5.73 Å². The molecule has 1 aromatic rings. The Kier molecular flexibility index (Phi) is 2.34. The van der Waals surface area contributed by atoms with Crippen LogP contribution in [0.1, 0.15) is 12.5 Å². The van der Waals surface area contributed by atoms with Gasteiger partial charge in [-0.05, 0) is 12.5 Å². The highest BCUT2D eigenvalue weighted by Gasteiger charge is 2.49. The Hall–Kier alpha value is -1.03. The summed E-state index contributed by atoms with van der Waals surface area (Å²) in [5.41, 5.74) is 2.99. The predicted octanol–water partition coefficient (Wildman–Crippen LogP) is 2.42. The maximum absolute atomic E-state index is 12.4. The summed E-state index contributed by atoms with van der Waals surface area (Å²) in [4.78, 5) is 0. The number of hydrogen-bond donors (Lipinski definition) is 1. The van der Waals surface area contributed by atoms with E-state index in [0.29, 0.717) is 0 Å². The topological polar surface area (TPSA) is 26.0 Å². The summed E-state index contributed by atoms with van der Waals surface area (Å²) in [5, 5.41) is 0. The minimum Gasteiger partial charge on any atom is -0.314 e. The number of nitrogens with two attached hydrogens (primary N) is 1. The van der Waals surface area contributed by atoms with Crippen molar-refractivity contribution in [1.82, 2.24) is 0 Å². The molecule has 1 rings (SSSR count). The number of benzene rings is 1. The lowest BCUT2D eigenvalue weighted by Gasteiger charge is -2.27. The van der Waals surface area contributed by atoms with Gasteiger partial charge in [0.2, 0.25) is 0 Å². The van der Waals surface area contributed by atoms with E-state index in [1.165, 1.54) is 24.3 Å². The maximum atomic E-state index is 12.4. The van der Waals surface area contributed by atoms with Crippen molar-refractivity contribution >= 4 is 0 Å². The summed E-state index contributed by atoms with van der Waals surface area (Å²) in [6.45, 7) is 0.961. The van der Waals surface area contributed by atoms with Crippen LogP contribution in [0.5, 0.6) is 0 Å². The monoisotopic (exact) mass is 189 g/mol. The molecular weight excluding hydrogens is 179 g/mol. The molecular formula is C9H10F3N. The van der Waals surface area contributed by atoms with Crippen molar-refractivity contribution < 1.29 is 13.2 Å². The molecule has 0 aliphatic rings. The Morgan fingerprint density at radius 2 is 1.54 bits per heavy atom. The van der Waals surface area contributed by atoms with Gasteiger partial charge >= 0.3 is 6.18 Å². The highest BCUT2D eigenvalue weighted by Crippen LogP contribution is 2.35. The van der Waals surface area contributed by atoms with E-state index in [4.69, 9.17) is 5.73 Å². The van der Waals surface area contributed by atoms with Crippen molar-refractivity contribution in [3.05, 3.63) is 35.9 Å². The molecule has 0 bridgehead atoms. The van der Waals surface area contributed by atoms with Crippen molar-refractivity contribution in [3.63, 3.8) is 0 Å². The first-order chi connectivity index (χ1) is 5.86. The van der Waals surface area contributed by atoms with Crippen LogP contribution in [0.4, 0.5) is 13.2 Å². The van der Waals surface area contributed by atoms with Gasteiger partial charge in [-0.15, -0.1) is 0 Å². The lowest BCUT2D eigenvalue weighted by atomic mass is 9.93. The summed E-state index contributed by atoms with van der Waals surface area (Å²) in [6, 6.07) is 7.45. The molecule has 1 aromatic carbocycles. The van der Waals surface area contributed by atoms with E-state index in [1.807, 2.05) is 0 Å². The molecule has 4 heteroatoms. The molecule has 13 heavy (non-hydrogen) atoms. The third kappa shape index (κ3) is 1.83. The molecule has 1 atom stereocenters. The first-order valence-electron chi connectivity index (χ1n) is 3.77. The molecule has 1 nitrogen and oxygen atoms in total. The molecule has 0 unspecified atom stereocenters. The molecule has 72 valence electrons. The Bertz CT molecular complexity index is 277. The molecule has 0 saturated carbocycles. The zero-order valence-electron chi connectivity index (χ0n) is 7.10. The first kappa shape index (κ1) is 10.1. The van der Waals surface area contributed by atoms with E-state index in [9.17, 15) is 13.2 Å². The average Bonchev–Trinajstić information content (AvgIpc) is 2.04. The third-order valence-corrected chi connectivity index (χ3v) is 1.96. The molecule has 0 aliphatic carbocycles. The SMILES string of the molecule is C[C@](N)(c1ccccc1)C(F)(F)F. The highest BCUT2D eigenvalue weighted by atomic mass is 19.4. The van der Waals surface area contributed by atoms with Gasteiger partial charge in [0.05, 0.1) is 0 Å². The van der Waals surface area contributed by atoms with Crippen molar-refractivity contribution in [2.24, 2.45) is 5.73 Å². The molecule has 0 amide bonds. The largest absolute Gasteiger partial charge is 0.410 e. The van der Waals surface area contributed by atoms with Gasteiger partial charge in [-0.2, -0.15) is 13.2 Å². The van der Waals surface area contributed by atoms with E-state index < -0.39 is 11.7 Å². The van der Waals surface area contributed by atoms with Crippen LogP contribution >= 0.6 is 0 Å². The predicted molar refractivity (Wildman–Crippen MR) is 44.0 cm³/mol. The Morgan fingerprint density at radius 1 is 1.08 bits per heavy atom. The minimum atomic E-state index is -4.42. The minimum absolute atomic E-state index is 0.0718. The van der Waals surface area contributed by atoms with Crippen LogP contribution in [-0.4, -0.2) is 6.18 Å². The van der Waals surface area contributed by atoms with Crippen LogP contribution in [0.2, 0.25) is 0 Å². The van der Waals surface area contributed by atoms with Crippen LogP contribution in [0.15, 0.2) is 30.3 Å². The van der Waals surface area contributed by atoms with Gasteiger partial charge in [-0.1, -0.05) is 30.3 Å². The van der Waals surface area contributed by atoms with Crippen molar-refractivity contribution in [1.29, 1.82) is 0 Å². The molecule has 0 fully saturated rings. The van der Waals surface area contributed by atoms with Crippen molar-refractivity contribution in [2.75, 3.05) is 0 Å². The van der Waals surface area contributed by atoms with E-state index >= 15 is 0 Å². The lowest BCUT2D eigenvalue weighted by Crippen LogP contribution is -2.47. The lowest BCUT2D eigenvalue weighted by molar-refractivity contribution is -0.184. The van der Waals surface area contributed by atoms with Crippen LogP contribution in [0, 0.1) is 0 Å². The summed E-state index contributed by atoms with van der Waals surface area (Å²) < 4.78 is 37.2. The third-order valence-electron chi connectivity index (χ3n) is 1.96. The zero-order valence-corrected chi connectivity index (χ0v) is 7.10. The number of halogens is 3. The normalized spacial score (nSPS) is 16.7. The second-order valence-electron chi connectivity index (χ2n) is 3.07. The van der Waals surface area contributed by atoms with Gasteiger partial charge in [0.25, 0.3) is 0 Å². The highest BCUT2D eigenvalue weighted by molar-refractivity contribution is 5.24. The molecule has 0 heterocycles. The standard InChI is InChI=1S/C9H10F3N/c1-8(13,9(10,11)12)7-5-3-2-4-6-7/h2-6H,13H2,1H3/t8-/m0/s1. The van der Waals surface area contributed by atoms with Crippen molar-refractivity contribution in [3.8, 4) is 0 Å². The fraction of sp³-hybridized carbons (Fsp3) is 0.333. The van der Waals surface area contributed by atoms with E-state index in [0.717, 1.165) is 6.92 Å². The van der Waals surface area contributed by atoms with Crippen LogP contribution in [0.25, 0.3) is 0 Å². The number of hydrogen-bond acceptors (Lipinski definition) is 1. The Labute approximate surface area is 74.4 Å². The summed E-state index contributed by atoms with van der Waals surface area (Å²) in [5.74, 6) is 0. The summed E-state index contributed by atoms with van der Waals surface area (Å²) >= 11 is 0. The average molecular weight is 189 g/mol. The summed E-state index contributed by atoms with van der Waals surface area (Å²) in [7, 11) is 0. The Balaban J connectivity index is 3.08. The second kappa shape index (κ2) is 3.03. The van der Waals surface area contributed by atoms with E-state index in [1.54, 1.807) is 6.07 Å². The van der Waals surface area contributed by atoms with Gasteiger partial charge in [0.1, 0.15) is 5.54 Å². The molecule has 0 radical (unpaired) electrons. The van der Waals surface area contributed by atoms with Gasteiger partial charge in [0.15, 0.2) is 0 Å². The zero-order chi connectivity index (χ0) is 10.1. The second-order valence-corrected chi connectivity index (χ2v) is 3.07. The molecule has 2 N–H and O–H groups in total. The van der Waals surface area contributed by atoms with Crippen LogP contribution < -0.4 is 5.73 Å². The van der Waals surface area contributed by atoms with Crippen LogP contribution in [-0.2, 0) is 5.54 Å². The maximum Gasteiger partial charge on any atom is 0.410 e. The quantitative estimate of drug-likeness (QED) is 0.721. The van der Waals surface area contributed by atoms with Crippen LogP contribution in [0.3, 0.4) is 0 Å². The molecule has 0 aliphatic heterocycles. The van der Waals surface area contributed by atoms with E-state index in [2.05, 4.69) is 0 Å². The smallest absolute Gasteiger partial charge is 0.314 e. The molecule has 0 spiro atoms. The fourth-order valence-corrected chi connectivity index (χ4v) is 0.948. The van der Waals surface area contributed by atoms with Gasteiger partial charge in [0, 0.05) is 0 Å². The molecule has 0 aromatic heterocycles. The van der Waals surface area contributed by atoms with Gasteiger partial charge in [-0.3, -0.25) is 0 Å². The molecule has 0 saturated heterocycles. The van der Waals surface area contributed by atoms with Crippen molar-refractivity contribution in [2.45, 2.75) is 18.6 Å². The fourth-order valence-electron chi connectivity index (χ4n) is 0.948. The number of alkyl halides is 3. The van der Waals surface area contributed by atoms with E-state index in [-0.39, 0.29) is 5.56 Å². The van der Waals surface area contributed by atoms with Gasteiger partial charge in [-0.25, -0.2) is 0 Å². The number of rotatable bonds is 1.